The highest BCUT2D eigenvalue weighted by atomic mass is 16.2. The minimum Gasteiger partial charge on any atom is -0.336 e. The van der Waals surface area contributed by atoms with Crippen molar-refractivity contribution in [3.8, 4) is 11.1 Å². The summed E-state index contributed by atoms with van der Waals surface area (Å²) >= 11 is 0. The van der Waals surface area contributed by atoms with Gasteiger partial charge in [-0.2, -0.15) is 0 Å². The molecule has 0 heterocycles. The van der Waals surface area contributed by atoms with Crippen LogP contribution >= 0.6 is 0 Å². The number of urea groups is 1. The molecular formula is C16H18N2O. The highest BCUT2D eigenvalue weighted by molar-refractivity contribution is 5.94. The lowest BCUT2D eigenvalue weighted by Gasteiger charge is -2.13. The quantitative estimate of drug-likeness (QED) is 0.857. The minimum atomic E-state index is -0.182. The molecule has 0 aliphatic heterocycles. The Morgan fingerprint density at radius 3 is 2.26 bits per heavy atom. The van der Waals surface area contributed by atoms with Gasteiger partial charge in [0.15, 0.2) is 0 Å². The van der Waals surface area contributed by atoms with E-state index in [1.54, 1.807) is 0 Å². The third-order valence-electron chi connectivity index (χ3n) is 2.68. The second-order valence-corrected chi connectivity index (χ2v) is 4.66. The number of para-hydroxylation sites is 1. The van der Waals surface area contributed by atoms with Crippen molar-refractivity contribution in [2.24, 2.45) is 0 Å². The summed E-state index contributed by atoms with van der Waals surface area (Å²) in [6.45, 7) is 3.87. The van der Waals surface area contributed by atoms with E-state index in [9.17, 15) is 4.79 Å². The van der Waals surface area contributed by atoms with E-state index in [-0.39, 0.29) is 12.1 Å². The maximum atomic E-state index is 11.8. The summed E-state index contributed by atoms with van der Waals surface area (Å²) in [6, 6.07) is 17.7. The number of nitrogens with one attached hydrogen (secondary N) is 2. The van der Waals surface area contributed by atoms with Gasteiger partial charge in [-0.3, -0.25) is 0 Å². The first-order chi connectivity index (χ1) is 9.16. The third kappa shape index (κ3) is 3.58. The molecule has 0 bridgehead atoms. The molecular weight excluding hydrogens is 236 g/mol. The van der Waals surface area contributed by atoms with Gasteiger partial charge < -0.3 is 10.6 Å². The molecule has 2 N–H and O–H groups in total. The van der Waals surface area contributed by atoms with Gasteiger partial charge in [0.05, 0.1) is 5.69 Å². The van der Waals surface area contributed by atoms with Crippen molar-refractivity contribution in [2.75, 3.05) is 5.32 Å². The standard InChI is InChI=1S/C16H18N2O/c1-12(2)17-16(19)18-15-11-7-6-10-14(15)13-8-4-3-5-9-13/h3-12H,1-2H3,(H2,17,18,19). The van der Waals surface area contributed by atoms with Crippen LogP contribution < -0.4 is 10.6 Å². The fourth-order valence-electron chi connectivity index (χ4n) is 1.88. The SMILES string of the molecule is CC(C)NC(=O)Nc1ccccc1-c1ccccc1. The Morgan fingerprint density at radius 2 is 1.58 bits per heavy atom. The number of carbonyl (C=O) groups is 1. The first-order valence-electron chi connectivity index (χ1n) is 6.39. The molecule has 0 aliphatic carbocycles. The van der Waals surface area contributed by atoms with E-state index >= 15 is 0 Å². The zero-order valence-corrected chi connectivity index (χ0v) is 11.2. The summed E-state index contributed by atoms with van der Waals surface area (Å²) in [4.78, 5) is 11.8. The maximum Gasteiger partial charge on any atom is 0.319 e. The molecule has 0 aliphatic rings. The molecule has 0 saturated carbocycles. The molecule has 0 radical (unpaired) electrons. The van der Waals surface area contributed by atoms with Crippen LogP contribution in [0.1, 0.15) is 13.8 Å². The highest BCUT2D eigenvalue weighted by Crippen LogP contribution is 2.27. The maximum absolute atomic E-state index is 11.8. The molecule has 0 saturated heterocycles. The normalized spacial score (nSPS) is 10.3. The molecule has 2 amide bonds. The van der Waals surface area contributed by atoms with Gasteiger partial charge in [-0.15, -0.1) is 0 Å². The monoisotopic (exact) mass is 254 g/mol. The van der Waals surface area contributed by atoms with Crippen molar-refractivity contribution in [1.29, 1.82) is 0 Å². The first kappa shape index (κ1) is 13.1. The van der Waals surface area contributed by atoms with Crippen LogP contribution in [0.3, 0.4) is 0 Å². The summed E-state index contributed by atoms with van der Waals surface area (Å²) in [5.41, 5.74) is 2.91. The topological polar surface area (TPSA) is 41.1 Å². The van der Waals surface area contributed by atoms with Gasteiger partial charge in [0, 0.05) is 11.6 Å². The van der Waals surface area contributed by atoms with E-state index in [1.807, 2.05) is 68.4 Å². The van der Waals surface area contributed by atoms with Crippen LogP contribution in [0, 0.1) is 0 Å². The van der Waals surface area contributed by atoms with E-state index in [1.165, 1.54) is 0 Å². The number of hydrogen-bond donors (Lipinski definition) is 2. The molecule has 2 aromatic carbocycles. The van der Waals surface area contributed by atoms with Crippen LogP contribution in [0.15, 0.2) is 54.6 Å². The molecule has 98 valence electrons. The van der Waals surface area contributed by atoms with Crippen molar-refractivity contribution in [1.82, 2.24) is 5.32 Å². The molecule has 0 fully saturated rings. The molecule has 0 aromatic heterocycles. The van der Waals surface area contributed by atoms with E-state index < -0.39 is 0 Å². The van der Waals surface area contributed by atoms with Crippen LogP contribution in [-0.2, 0) is 0 Å². The van der Waals surface area contributed by atoms with Crippen molar-refractivity contribution in [2.45, 2.75) is 19.9 Å². The lowest BCUT2D eigenvalue weighted by molar-refractivity contribution is 0.250. The second kappa shape index (κ2) is 6.05. The number of hydrogen-bond acceptors (Lipinski definition) is 1. The first-order valence-corrected chi connectivity index (χ1v) is 6.39. The number of rotatable bonds is 3. The van der Waals surface area contributed by atoms with Gasteiger partial charge in [0.25, 0.3) is 0 Å². The molecule has 3 nitrogen and oxygen atoms in total. The summed E-state index contributed by atoms with van der Waals surface area (Å²) < 4.78 is 0. The van der Waals surface area contributed by atoms with Gasteiger partial charge in [-0.1, -0.05) is 48.5 Å². The zero-order valence-electron chi connectivity index (χ0n) is 11.2. The van der Waals surface area contributed by atoms with E-state index in [2.05, 4.69) is 10.6 Å². The van der Waals surface area contributed by atoms with Crippen molar-refractivity contribution in [3.63, 3.8) is 0 Å². The number of amides is 2. The Balaban J connectivity index is 2.25. The van der Waals surface area contributed by atoms with Crippen molar-refractivity contribution >= 4 is 11.7 Å². The summed E-state index contributed by atoms with van der Waals surface area (Å²) in [7, 11) is 0. The van der Waals surface area contributed by atoms with Crippen molar-refractivity contribution < 1.29 is 4.79 Å². The lowest BCUT2D eigenvalue weighted by Crippen LogP contribution is -2.34. The number of anilines is 1. The van der Waals surface area contributed by atoms with Gasteiger partial charge in [-0.25, -0.2) is 4.79 Å². The summed E-state index contributed by atoms with van der Waals surface area (Å²) in [5, 5.41) is 5.71. The molecule has 3 heteroatoms. The molecule has 19 heavy (non-hydrogen) atoms. The summed E-state index contributed by atoms with van der Waals surface area (Å²) in [5.74, 6) is 0. The zero-order chi connectivity index (χ0) is 13.7. The second-order valence-electron chi connectivity index (χ2n) is 4.66. The van der Waals surface area contributed by atoms with Crippen LogP contribution in [0.2, 0.25) is 0 Å². The van der Waals surface area contributed by atoms with E-state index in [0.29, 0.717) is 0 Å². The minimum absolute atomic E-state index is 0.115. The van der Waals surface area contributed by atoms with Gasteiger partial charge in [0.1, 0.15) is 0 Å². The fraction of sp³-hybridized carbons (Fsp3) is 0.188. The molecule has 0 atom stereocenters. The van der Waals surface area contributed by atoms with Gasteiger partial charge >= 0.3 is 6.03 Å². The van der Waals surface area contributed by atoms with E-state index in [4.69, 9.17) is 0 Å². The third-order valence-corrected chi connectivity index (χ3v) is 2.68. The largest absolute Gasteiger partial charge is 0.336 e. The Kier molecular flexibility index (Phi) is 4.18. The van der Waals surface area contributed by atoms with Gasteiger partial charge in [-0.05, 0) is 25.5 Å². The Labute approximate surface area is 113 Å². The summed E-state index contributed by atoms with van der Waals surface area (Å²) in [6.07, 6.45) is 0. The molecule has 2 rings (SSSR count). The van der Waals surface area contributed by atoms with Crippen LogP contribution in [-0.4, -0.2) is 12.1 Å². The fourth-order valence-corrected chi connectivity index (χ4v) is 1.88. The Morgan fingerprint density at radius 1 is 0.947 bits per heavy atom. The smallest absolute Gasteiger partial charge is 0.319 e. The average molecular weight is 254 g/mol. The Bertz CT molecular complexity index is 550. The molecule has 0 unspecified atom stereocenters. The Hall–Kier alpha value is -2.29. The number of carbonyl (C=O) groups excluding carboxylic acids is 1. The van der Waals surface area contributed by atoms with E-state index in [0.717, 1.165) is 16.8 Å². The lowest BCUT2D eigenvalue weighted by atomic mass is 10.0. The van der Waals surface area contributed by atoms with Crippen molar-refractivity contribution in [3.05, 3.63) is 54.6 Å². The van der Waals surface area contributed by atoms with Crippen LogP contribution in [0.4, 0.5) is 10.5 Å². The number of benzene rings is 2. The predicted octanol–water partition coefficient (Wildman–Crippen LogP) is 3.88. The highest BCUT2D eigenvalue weighted by Gasteiger charge is 2.08. The molecule has 0 spiro atoms. The van der Waals surface area contributed by atoms with Crippen LogP contribution in [0.25, 0.3) is 11.1 Å². The van der Waals surface area contributed by atoms with Gasteiger partial charge in [0.2, 0.25) is 0 Å². The predicted molar refractivity (Wildman–Crippen MR) is 79.2 cm³/mol. The average Bonchev–Trinajstić information content (AvgIpc) is 2.39. The van der Waals surface area contributed by atoms with Crippen LogP contribution in [0.5, 0.6) is 0 Å². The molecule has 2 aromatic rings.